The third kappa shape index (κ3) is 3.53. The van der Waals surface area contributed by atoms with Gasteiger partial charge < -0.3 is 15.0 Å². The van der Waals surface area contributed by atoms with Crippen molar-refractivity contribution < 1.29 is 9.53 Å². The summed E-state index contributed by atoms with van der Waals surface area (Å²) < 4.78 is 6.14. The number of ether oxygens (including phenoxy) is 1. The fourth-order valence-corrected chi connectivity index (χ4v) is 4.02. The van der Waals surface area contributed by atoms with Gasteiger partial charge in [-0.15, -0.1) is 0 Å². The zero-order chi connectivity index (χ0) is 17.8. The molecular formula is C22H26N2O2. The van der Waals surface area contributed by atoms with E-state index in [0.717, 1.165) is 38.0 Å². The molecule has 2 aliphatic rings. The van der Waals surface area contributed by atoms with Crippen molar-refractivity contribution in [2.24, 2.45) is 0 Å². The second kappa shape index (κ2) is 7.60. The number of hydrogen-bond donors (Lipinski definition) is 1. The Morgan fingerprint density at radius 3 is 2.54 bits per heavy atom. The molecule has 26 heavy (non-hydrogen) atoms. The molecule has 4 nitrogen and oxygen atoms in total. The molecule has 4 heteroatoms. The molecule has 0 spiro atoms. The SMILES string of the molecule is O=C(N1CCCC1)C1(Cc2cccc(-c3ccccc3)c2)CNCCO1. The molecule has 1 atom stereocenters. The summed E-state index contributed by atoms with van der Waals surface area (Å²) >= 11 is 0. The van der Waals surface area contributed by atoms with E-state index in [2.05, 4.69) is 53.8 Å². The van der Waals surface area contributed by atoms with Gasteiger partial charge >= 0.3 is 0 Å². The van der Waals surface area contributed by atoms with E-state index in [4.69, 9.17) is 4.74 Å². The minimum atomic E-state index is -0.780. The van der Waals surface area contributed by atoms with E-state index >= 15 is 0 Å². The second-order valence-corrected chi connectivity index (χ2v) is 7.26. The summed E-state index contributed by atoms with van der Waals surface area (Å²) in [6.45, 7) is 3.68. The predicted molar refractivity (Wildman–Crippen MR) is 103 cm³/mol. The number of nitrogens with one attached hydrogen (secondary N) is 1. The van der Waals surface area contributed by atoms with Gasteiger partial charge in [-0.2, -0.15) is 0 Å². The number of benzene rings is 2. The molecule has 2 aromatic rings. The monoisotopic (exact) mass is 350 g/mol. The van der Waals surface area contributed by atoms with Gasteiger partial charge in [-0.05, 0) is 29.5 Å². The molecule has 136 valence electrons. The van der Waals surface area contributed by atoms with Crippen LogP contribution >= 0.6 is 0 Å². The zero-order valence-corrected chi connectivity index (χ0v) is 15.1. The summed E-state index contributed by atoms with van der Waals surface area (Å²) in [4.78, 5) is 15.2. The van der Waals surface area contributed by atoms with E-state index in [1.807, 2.05) is 11.0 Å². The average molecular weight is 350 g/mol. The van der Waals surface area contributed by atoms with Crippen molar-refractivity contribution in [2.45, 2.75) is 24.9 Å². The van der Waals surface area contributed by atoms with Gasteiger partial charge in [-0.3, -0.25) is 4.79 Å². The third-order valence-corrected chi connectivity index (χ3v) is 5.37. The molecule has 1 amide bonds. The molecule has 1 N–H and O–H groups in total. The van der Waals surface area contributed by atoms with E-state index in [1.165, 1.54) is 11.1 Å². The van der Waals surface area contributed by atoms with Crippen LogP contribution in [0.25, 0.3) is 11.1 Å². The van der Waals surface area contributed by atoms with E-state index in [0.29, 0.717) is 19.6 Å². The lowest BCUT2D eigenvalue weighted by Crippen LogP contribution is -2.60. The van der Waals surface area contributed by atoms with Crippen LogP contribution in [0.1, 0.15) is 18.4 Å². The van der Waals surface area contributed by atoms with Crippen LogP contribution < -0.4 is 5.32 Å². The maximum absolute atomic E-state index is 13.2. The van der Waals surface area contributed by atoms with Gasteiger partial charge in [0.2, 0.25) is 0 Å². The highest BCUT2D eigenvalue weighted by Crippen LogP contribution is 2.27. The lowest BCUT2D eigenvalue weighted by molar-refractivity contribution is -0.161. The largest absolute Gasteiger partial charge is 0.362 e. The van der Waals surface area contributed by atoms with Gasteiger partial charge in [0.1, 0.15) is 0 Å². The molecule has 2 aliphatic heterocycles. The number of carbonyl (C=O) groups excluding carboxylic acids is 1. The molecule has 2 aromatic carbocycles. The van der Waals surface area contributed by atoms with E-state index in [9.17, 15) is 4.79 Å². The van der Waals surface area contributed by atoms with Crippen molar-refractivity contribution >= 4 is 5.91 Å². The van der Waals surface area contributed by atoms with Crippen molar-refractivity contribution in [2.75, 3.05) is 32.8 Å². The smallest absolute Gasteiger partial charge is 0.256 e. The Labute approximate surface area is 155 Å². The molecule has 2 saturated heterocycles. The number of morpholine rings is 1. The summed E-state index contributed by atoms with van der Waals surface area (Å²) in [5, 5.41) is 3.37. The Kier molecular flexibility index (Phi) is 5.05. The van der Waals surface area contributed by atoms with Crippen molar-refractivity contribution in [3.8, 4) is 11.1 Å². The molecule has 0 radical (unpaired) electrons. The van der Waals surface area contributed by atoms with Crippen LogP contribution in [0.5, 0.6) is 0 Å². The summed E-state index contributed by atoms with van der Waals surface area (Å²) in [5.74, 6) is 0.146. The average Bonchev–Trinajstić information content (AvgIpc) is 3.24. The molecule has 0 saturated carbocycles. The Morgan fingerprint density at radius 1 is 1.04 bits per heavy atom. The molecule has 2 heterocycles. The van der Waals surface area contributed by atoms with Crippen LogP contribution in [0.15, 0.2) is 54.6 Å². The van der Waals surface area contributed by atoms with Gasteiger partial charge in [0.15, 0.2) is 5.60 Å². The molecule has 2 fully saturated rings. The third-order valence-electron chi connectivity index (χ3n) is 5.37. The lowest BCUT2D eigenvalue weighted by Gasteiger charge is -2.39. The van der Waals surface area contributed by atoms with Gasteiger partial charge in [-0.1, -0.05) is 54.6 Å². The normalized spacial score (nSPS) is 23.2. The highest BCUT2D eigenvalue weighted by atomic mass is 16.5. The van der Waals surface area contributed by atoms with Crippen LogP contribution in [0.4, 0.5) is 0 Å². The van der Waals surface area contributed by atoms with Gasteiger partial charge in [0, 0.05) is 32.6 Å². The van der Waals surface area contributed by atoms with Crippen LogP contribution in [0.2, 0.25) is 0 Å². The van der Waals surface area contributed by atoms with Gasteiger partial charge in [0.25, 0.3) is 5.91 Å². The first-order chi connectivity index (χ1) is 12.8. The first-order valence-electron chi connectivity index (χ1n) is 9.55. The maximum Gasteiger partial charge on any atom is 0.256 e. The fourth-order valence-electron chi connectivity index (χ4n) is 4.02. The Morgan fingerprint density at radius 2 is 1.81 bits per heavy atom. The lowest BCUT2D eigenvalue weighted by atomic mass is 9.90. The van der Waals surface area contributed by atoms with E-state index in [1.54, 1.807) is 0 Å². The maximum atomic E-state index is 13.2. The summed E-state index contributed by atoms with van der Waals surface area (Å²) in [7, 11) is 0. The van der Waals surface area contributed by atoms with Crippen molar-refractivity contribution in [1.82, 2.24) is 10.2 Å². The molecule has 0 aromatic heterocycles. The Balaban J connectivity index is 1.61. The number of rotatable bonds is 4. The van der Waals surface area contributed by atoms with Gasteiger partial charge in [0.05, 0.1) is 6.61 Å². The molecule has 4 rings (SSSR count). The Hall–Kier alpha value is -2.17. The molecule has 0 bridgehead atoms. The van der Waals surface area contributed by atoms with Crippen molar-refractivity contribution in [3.05, 3.63) is 60.2 Å². The molecule has 1 unspecified atom stereocenters. The first-order valence-corrected chi connectivity index (χ1v) is 9.55. The first kappa shape index (κ1) is 17.3. The quantitative estimate of drug-likeness (QED) is 0.922. The highest BCUT2D eigenvalue weighted by molar-refractivity contribution is 5.86. The topological polar surface area (TPSA) is 41.6 Å². The minimum absolute atomic E-state index is 0.146. The summed E-state index contributed by atoms with van der Waals surface area (Å²) in [6.07, 6.45) is 2.80. The summed E-state index contributed by atoms with van der Waals surface area (Å²) in [6, 6.07) is 18.8. The van der Waals surface area contributed by atoms with Crippen molar-refractivity contribution in [3.63, 3.8) is 0 Å². The van der Waals surface area contributed by atoms with E-state index < -0.39 is 5.60 Å². The van der Waals surface area contributed by atoms with Crippen molar-refractivity contribution in [1.29, 1.82) is 0 Å². The number of carbonyl (C=O) groups is 1. The number of likely N-dealkylation sites (tertiary alicyclic amines) is 1. The zero-order valence-electron chi connectivity index (χ0n) is 15.1. The summed E-state index contributed by atoms with van der Waals surface area (Å²) in [5.41, 5.74) is 2.73. The van der Waals surface area contributed by atoms with Gasteiger partial charge in [-0.25, -0.2) is 0 Å². The fraction of sp³-hybridized carbons (Fsp3) is 0.409. The Bertz CT molecular complexity index is 748. The highest BCUT2D eigenvalue weighted by Gasteiger charge is 2.44. The van der Waals surface area contributed by atoms with Crippen LogP contribution in [-0.4, -0.2) is 49.2 Å². The standard InChI is InChI=1S/C22H26N2O2/c25-21(24-12-4-5-13-24)22(17-23-11-14-26-22)16-18-7-6-10-20(15-18)19-8-2-1-3-9-19/h1-3,6-10,15,23H,4-5,11-14,16-17H2. The number of hydrogen-bond acceptors (Lipinski definition) is 3. The van der Waals surface area contributed by atoms with Crippen LogP contribution in [-0.2, 0) is 16.0 Å². The van der Waals surface area contributed by atoms with E-state index in [-0.39, 0.29) is 5.91 Å². The van der Waals surface area contributed by atoms with Crippen LogP contribution in [0, 0.1) is 0 Å². The minimum Gasteiger partial charge on any atom is -0.362 e. The van der Waals surface area contributed by atoms with Crippen LogP contribution in [0.3, 0.4) is 0 Å². The second-order valence-electron chi connectivity index (χ2n) is 7.26. The number of nitrogens with zero attached hydrogens (tertiary/aromatic N) is 1. The molecule has 0 aliphatic carbocycles. The molecular weight excluding hydrogens is 324 g/mol. The predicted octanol–water partition coefficient (Wildman–Crippen LogP) is 2.88. The number of amides is 1.